The van der Waals surface area contributed by atoms with E-state index >= 15 is 0 Å². The van der Waals surface area contributed by atoms with E-state index in [0.717, 1.165) is 0 Å². The molecule has 1 unspecified atom stereocenters. The van der Waals surface area contributed by atoms with E-state index in [9.17, 15) is 4.79 Å². The van der Waals surface area contributed by atoms with Gasteiger partial charge in [-0.05, 0) is 6.42 Å². The molecule has 1 aromatic heterocycles. The average molecular weight is 224 g/mol. The second-order valence-corrected chi connectivity index (χ2v) is 3.40. The molecule has 0 saturated heterocycles. The third kappa shape index (κ3) is 3.82. The average Bonchev–Trinajstić information content (AvgIpc) is 2.64. The number of amides is 1. The van der Waals surface area contributed by atoms with Crippen LogP contribution in [0.3, 0.4) is 0 Å². The Morgan fingerprint density at radius 3 is 3.06 bits per heavy atom. The number of rotatable bonds is 6. The van der Waals surface area contributed by atoms with Gasteiger partial charge in [0.2, 0.25) is 11.8 Å². The van der Waals surface area contributed by atoms with Crippen LogP contribution in [0.5, 0.6) is 0 Å². The topological polar surface area (TPSA) is 94.0 Å². The first-order valence-corrected chi connectivity index (χ1v) is 5.07. The van der Waals surface area contributed by atoms with Gasteiger partial charge >= 0.3 is 0 Å². The third-order valence-corrected chi connectivity index (χ3v) is 1.97. The van der Waals surface area contributed by atoms with E-state index in [4.69, 9.17) is 10.3 Å². The molecule has 0 radical (unpaired) electrons. The molecule has 0 fully saturated rings. The van der Waals surface area contributed by atoms with Crippen LogP contribution in [0.1, 0.15) is 18.1 Å². The summed E-state index contributed by atoms with van der Waals surface area (Å²) in [5.74, 6) is 0.903. The number of hydrogen-bond acceptors (Lipinski definition) is 5. The predicted octanol–water partition coefficient (Wildman–Crippen LogP) is -0.0599. The molecule has 0 aliphatic carbocycles. The Morgan fingerprint density at radius 2 is 2.50 bits per heavy atom. The lowest BCUT2D eigenvalue weighted by molar-refractivity contribution is -0.122. The first-order chi connectivity index (χ1) is 7.63. The zero-order valence-corrected chi connectivity index (χ0v) is 9.27. The van der Waals surface area contributed by atoms with Crippen molar-refractivity contribution in [2.24, 2.45) is 5.73 Å². The maximum atomic E-state index is 11.4. The van der Waals surface area contributed by atoms with Crippen molar-refractivity contribution in [1.82, 2.24) is 15.5 Å². The summed E-state index contributed by atoms with van der Waals surface area (Å²) in [6, 6.07) is -0.537. The molecule has 0 bridgehead atoms. The third-order valence-electron chi connectivity index (χ3n) is 1.97. The molecule has 1 heterocycles. The lowest BCUT2D eigenvalue weighted by atomic mass is 10.2. The van der Waals surface area contributed by atoms with Crippen LogP contribution >= 0.6 is 0 Å². The normalized spacial score (nSPS) is 12.1. The number of hydrogen-bond donors (Lipinski definition) is 2. The maximum Gasteiger partial charge on any atom is 0.237 e. The molecular weight excluding hydrogens is 208 g/mol. The van der Waals surface area contributed by atoms with E-state index in [1.54, 1.807) is 13.0 Å². The van der Waals surface area contributed by atoms with Crippen molar-refractivity contribution >= 4 is 5.91 Å². The van der Waals surface area contributed by atoms with Crippen LogP contribution in [0, 0.1) is 6.92 Å². The summed E-state index contributed by atoms with van der Waals surface area (Å²) in [5.41, 5.74) is 5.58. The van der Waals surface area contributed by atoms with Crippen molar-refractivity contribution in [2.75, 3.05) is 6.54 Å². The van der Waals surface area contributed by atoms with Crippen LogP contribution in [-0.4, -0.2) is 28.6 Å². The second-order valence-electron chi connectivity index (χ2n) is 3.40. The molecule has 6 nitrogen and oxygen atoms in total. The highest BCUT2D eigenvalue weighted by Gasteiger charge is 2.11. The van der Waals surface area contributed by atoms with Gasteiger partial charge in [0.05, 0.1) is 6.04 Å². The highest BCUT2D eigenvalue weighted by Crippen LogP contribution is 1.95. The second kappa shape index (κ2) is 6.02. The first-order valence-electron chi connectivity index (χ1n) is 5.07. The summed E-state index contributed by atoms with van der Waals surface area (Å²) in [5, 5.41) is 6.40. The van der Waals surface area contributed by atoms with Crippen LogP contribution in [0.2, 0.25) is 0 Å². The molecule has 1 rings (SSSR count). The SMILES string of the molecule is C=CCC(N)C(=O)NCCc1noc(C)n1. The zero-order valence-electron chi connectivity index (χ0n) is 9.27. The molecule has 6 heteroatoms. The van der Waals surface area contributed by atoms with Gasteiger partial charge in [0.1, 0.15) is 0 Å². The number of carbonyl (C=O) groups is 1. The van der Waals surface area contributed by atoms with Gasteiger partial charge < -0.3 is 15.6 Å². The molecule has 1 aromatic rings. The fourth-order valence-electron chi connectivity index (χ4n) is 1.16. The number of aryl methyl sites for hydroxylation is 1. The Balaban J connectivity index is 2.25. The van der Waals surface area contributed by atoms with Crippen LogP contribution < -0.4 is 11.1 Å². The monoisotopic (exact) mass is 224 g/mol. The Morgan fingerprint density at radius 1 is 1.75 bits per heavy atom. The molecule has 3 N–H and O–H groups in total. The van der Waals surface area contributed by atoms with Crippen molar-refractivity contribution in [3.63, 3.8) is 0 Å². The summed E-state index contributed by atoms with van der Waals surface area (Å²) in [6.07, 6.45) is 2.61. The molecular formula is C10H16N4O2. The van der Waals surface area contributed by atoms with Gasteiger partial charge in [-0.25, -0.2) is 0 Å². The number of aromatic nitrogens is 2. The van der Waals surface area contributed by atoms with Gasteiger partial charge in [0.25, 0.3) is 0 Å². The van der Waals surface area contributed by atoms with Crippen molar-refractivity contribution in [1.29, 1.82) is 0 Å². The fourth-order valence-corrected chi connectivity index (χ4v) is 1.16. The fraction of sp³-hybridized carbons (Fsp3) is 0.500. The van der Waals surface area contributed by atoms with E-state index < -0.39 is 6.04 Å². The van der Waals surface area contributed by atoms with E-state index in [0.29, 0.717) is 31.1 Å². The van der Waals surface area contributed by atoms with Gasteiger partial charge in [0, 0.05) is 19.9 Å². The van der Waals surface area contributed by atoms with E-state index in [1.807, 2.05) is 0 Å². The van der Waals surface area contributed by atoms with Crippen molar-refractivity contribution in [3.05, 3.63) is 24.4 Å². The van der Waals surface area contributed by atoms with Gasteiger partial charge in [-0.2, -0.15) is 4.98 Å². The summed E-state index contributed by atoms with van der Waals surface area (Å²) in [7, 11) is 0. The first kappa shape index (κ1) is 12.4. The van der Waals surface area contributed by atoms with Crippen molar-refractivity contribution in [3.8, 4) is 0 Å². The Kier molecular flexibility index (Phi) is 4.65. The van der Waals surface area contributed by atoms with E-state index in [1.165, 1.54) is 0 Å². The minimum Gasteiger partial charge on any atom is -0.354 e. The highest BCUT2D eigenvalue weighted by atomic mass is 16.5. The molecule has 1 amide bonds. The zero-order chi connectivity index (χ0) is 12.0. The molecule has 0 aliphatic rings. The molecule has 0 aliphatic heterocycles. The quantitative estimate of drug-likeness (QED) is 0.660. The summed E-state index contributed by atoms with van der Waals surface area (Å²) in [6.45, 7) is 5.69. The molecule has 0 spiro atoms. The number of carbonyl (C=O) groups excluding carboxylic acids is 1. The van der Waals surface area contributed by atoms with Crippen LogP contribution in [0.4, 0.5) is 0 Å². The summed E-state index contributed by atoms with van der Waals surface area (Å²) in [4.78, 5) is 15.4. The molecule has 88 valence electrons. The lowest BCUT2D eigenvalue weighted by Gasteiger charge is -2.08. The van der Waals surface area contributed by atoms with Gasteiger partial charge in [0.15, 0.2) is 5.82 Å². The maximum absolute atomic E-state index is 11.4. The van der Waals surface area contributed by atoms with Crippen LogP contribution in [0.15, 0.2) is 17.2 Å². The largest absolute Gasteiger partial charge is 0.354 e. The van der Waals surface area contributed by atoms with E-state index in [-0.39, 0.29) is 5.91 Å². The minimum atomic E-state index is -0.537. The Bertz CT molecular complexity index is 361. The standard InChI is InChI=1S/C10H16N4O2/c1-3-4-8(11)10(15)12-6-5-9-13-7(2)16-14-9/h3,8H,1,4-6,11H2,2H3,(H,12,15). The molecule has 0 saturated carbocycles. The van der Waals surface area contributed by atoms with Gasteiger partial charge in [-0.1, -0.05) is 11.2 Å². The van der Waals surface area contributed by atoms with Crippen molar-refractivity contribution < 1.29 is 9.32 Å². The van der Waals surface area contributed by atoms with Crippen molar-refractivity contribution in [2.45, 2.75) is 25.8 Å². The Labute approximate surface area is 93.9 Å². The van der Waals surface area contributed by atoms with E-state index in [2.05, 4.69) is 22.0 Å². The number of nitrogens with two attached hydrogens (primary N) is 1. The molecule has 16 heavy (non-hydrogen) atoms. The van der Waals surface area contributed by atoms with Crippen LogP contribution in [0.25, 0.3) is 0 Å². The van der Waals surface area contributed by atoms with Gasteiger partial charge in [-0.3, -0.25) is 4.79 Å². The molecule has 1 atom stereocenters. The smallest absolute Gasteiger partial charge is 0.237 e. The molecule has 0 aromatic carbocycles. The van der Waals surface area contributed by atoms with Gasteiger partial charge in [-0.15, -0.1) is 6.58 Å². The van der Waals surface area contributed by atoms with Crippen LogP contribution in [-0.2, 0) is 11.2 Å². The highest BCUT2D eigenvalue weighted by molar-refractivity contribution is 5.81. The lowest BCUT2D eigenvalue weighted by Crippen LogP contribution is -2.41. The number of nitrogens with zero attached hydrogens (tertiary/aromatic N) is 2. The summed E-state index contributed by atoms with van der Waals surface area (Å²) < 4.78 is 4.80. The summed E-state index contributed by atoms with van der Waals surface area (Å²) >= 11 is 0. The predicted molar refractivity (Wildman–Crippen MR) is 58.5 cm³/mol. The minimum absolute atomic E-state index is 0.194. The number of nitrogens with one attached hydrogen (secondary N) is 1. The Hall–Kier alpha value is -1.69.